The number of hydrogen-bond donors (Lipinski definition) is 0. The lowest BCUT2D eigenvalue weighted by Gasteiger charge is -2.29. The van der Waals surface area contributed by atoms with E-state index in [4.69, 9.17) is 11.6 Å². The minimum absolute atomic E-state index is 0.270. The first kappa shape index (κ1) is 13.6. The van der Waals surface area contributed by atoms with Gasteiger partial charge in [-0.2, -0.15) is 0 Å². The molecule has 0 N–H and O–H groups in total. The van der Waals surface area contributed by atoms with Gasteiger partial charge < -0.3 is 4.90 Å². The van der Waals surface area contributed by atoms with Gasteiger partial charge in [-0.15, -0.1) is 0 Å². The summed E-state index contributed by atoms with van der Waals surface area (Å²) in [6, 6.07) is 6.92. The minimum atomic E-state index is -2.60. The monoisotopic (exact) mass is 296 g/mol. The SMILES string of the molecule is FC(F)c1cc(Cl)c2cc(N3CCCCC3)ccc2n1. The van der Waals surface area contributed by atoms with Crippen molar-refractivity contribution in [2.75, 3.05) is 18.0 Å². The average Bonchev–Trinajstić information content (AvgIpc) is 2.47. The first-order valence-corrected chi connectivity index (χ1v) is 7.16. The summed E-state index contributed by atoms with van der Waals surface area (Å²) in [6.07, 6.45) is 1.05. The molecule has 0 saturated carbocycles. The van der Waals surface area contributed by atoms with Crippen LogP contribution in [0.15, 0.2) is 24.3 Å². The summed E-state index contributed by atoms with van der Waals surface area (Å²) in [6.45, 7) is 2.07. The van der Waals surface area contributed by atoms with Crippen molar-refractivity contribution in [1.82, 2.24) is 4.98 Å². The van der Waals surface area contributed by atoms with Crippen LogP contribution in [0.1, 0.15) is 31.4 Å². The molecule has 20 heavy (non-hydrogen) atoms. The number of anilines is 1. The second-order valence-corrected chi connectivity index (χ2v) is 5.49. The fourth-order valence-corrected chi connectivity index (χ4v) is 2.92. The van der Waals surface area contributed by atoms with Crippen LogP contribution in [0, 0.1) is 0 Å². The lowest BCUT2D eigenvalue weighted by atomic mass is 10.1. The molecule has 0 unspecified atom stereocenters. The molecule has 0 spiro atoms. The zero-order valence-corrected chi connectivity index (χ0v) is 11.7. The molecule has 1 aliphatic heterocycles. The third-order valence-electron chi connectivity index (χ3n) is 3.71. The molecule has 2 heterocycles. The Bertz CT molecular complexity index is 625. The van der Waals surface area contributed by atoms with Crippen molar-refractivity contribution in [1.29, 1.82) is 0 Å². The van der Waals surface area contributed by atoms with Gasteiger partial charge in [0.1, 0.15) is 5.69 Å². The fourth-order valence-electron chi connectivity index (χ4n) is 2.65. The molecule has 5 heteroatoms. The van der Waals surface area contributed by atoms with Crippen LogP contribution in [0.25, 0.3) is 10.9 Å². The Kier molecular flexibility index (Phi) is 3.74. The number of pyridine rings is 1. The number of nitrogens with zero attached hydrogens (tertiary/aromatic N) is 2. The van der Waals surface area contributed by atoms with Crippen molar-refractivity contribution in [3.8, 4) is 0 Å². The maximum absolute atomic E-state index is 12.7. The van der Waals surface area contributed by atoms with Gasteiger partial charge in [-0.1, -0.05) is 11.6 Å². The van der Waals surface area contributed by atoms with Gasteiger partial charge >= 0.3 is 0 Å². The van der Waals surface area contributed by atoms with Crippen molar-refractivity contribution in [2.24, 2.45) is 0 Å². The van der Waals surface area contributed by atoms with Gasteiger partial charge in [-0.3, -0.25) is 0 Å². The van der Waals surface area contributed by atoms with Crippen LogP contribution in [-0.4, -0.2) is 18.1 Å². The van der Waals surface area contributed by atoms with Crippen LogP contribution in [0.3, 0.4) is 0 Å². The van der Waals surface area contributed by atoms with Crippen molar-refractivity contribution in [3.05, 3.63) is 35.0 Å². The second-order valence-electron chi connectivity index (χ2n) is 5.08. The number of fused-ring (bicyclic) bond motifs is 1. The quantitative estimate of drug-likeness (QED) is 0.790. The molecule has 1 saturated heterocycles. The molecular weight excluding hydrogens is 282 g/mol. The van der Waals surface area contributed by atoms with E-state index < -0.39 is 6.43 Å². The van der Waals surface area contributed by atoms with E-state index in [0.717, 1.165) is 24.2 Å². The van der Waals surface area contributed by atoms with E-state index in [9.17, 15) is 8.78 Å². The Morgan fingerprint density at radius 3 is 2.55 bits per heavy atom. The number of hydrogen-bond acceptors (Lipinski definition) is 2. The minimum Gasteiger partial charge on any atom is -0.372 e. The lowest BCUT2D eigenvalue weighted by molar-refractivity contribution is 0.146. The Morgan fingerprint density at radius 2 is 1.85 bits per heavy atom. The van der Waals surface area contributed by atoms with E-state index in [0.29, 0.717) is 10.5 Å². The van der Waals surface area contributed by atoms with Crippen LogP contribution in [0.4, 0.5) is 14.5 Å². The summed E-state index contributed by atoms with van der Waals surface area (Å²) < 4.78 is 25.4. The summed E-state index contributed by atoms with van der Waals surface area (Å²) in [7, 11) is 0. The third kappa shape index (κ3) is 2.57. The molecular formula is C15H15ClF2N2. The largest absolute Gasteiger partial charge is 0.372 e. The van der Waals surface area contributed by atoms with Gasteiger partial charge in [0.05, 0.1) is 10.5 Å². The molecule has 0 aliphatic carbocycles. The highest BCUT2D eigenvalue weighted by molar-refractivity contribution is 6.35. The maximum atomic E-state index is 12.7. The molecule has 0 bridgehead atoms. The zero-order chi connectivity index (χ0) is 14.1. The average molecular weight is 297 g/mol. The van der Waals surface area contributed by atoms with Crippen LogP contribution >= 0.6 is 11.6 Å². The number of alkyl halides is 2. The van der Waals surface area contributed by atoms with Gasteiger partial charge in [-0.25, -0.2) is 13.8 Å². The van der Waals surface area contributed by atoms with Crippen molar-refractivity contribution in [3.63, 3.8) is 0 Å². The van der Waals surface area contributed by atoms with E-state index in [1.165, 1.54) is 25.3 Å². The van der Waals surface area contributed by atoms with Crippen LogP contribution in [0.2, 0.25) is 5.02 Å². The molecule has 1 aliphatic rings. The third-order valence-corrected chi connectivity index (χ3v) is 4.02. The highest BCUT2D eigenvalue weighted by atomic mass is 35.5. The topological polar surface area (TPSA) is 16.1 Å². The summed E-state index contributed by atoms with van der Waals surface area (Å²) >= 11 is 6.13. The zero-order valence-electron chi connectivity index (χ0n) is 11.0. The summed E-state index contributed by atoms with van der Waals surface area (Å²) in [5, 5.41) is 1.07. The number of rotatable bonds is 2. The van der Waals surface area contributed by atoms with Crippen LogP contribution in [-0.2, 0) is 0 Å². The van der Waals surface area contributed by atoms with Gasteiger partial charge in [0.25, 0.3) is 6.43 Å². The van der Waals surface area contributed by atoms with Crippen LogP contribution < -0.4 is 4.90 Å². The van der Waals surface area contributed by atoms with Crippen molar-refractivity contribution >= 4 is 28.2 Å². The van der Waals surface area contributed by atoms with Gasteiger partial charge in [0.15, 0.2) is 0 Å². The summed E-state index contributed by atoms with van der Waals surface area (Å²) in [4.78, 5) is 6.27. The Hall–Kier alpha value is -1.42. The Balaban J connectivity index is 2.02. The molecule has 2 aromatic rings. The molecule has 1 aromatic heterocycles. The van der Waals surface area contributed by atoms with Crippen LogP contribution in [0.5, 0.6) is 0 Å². The lowest BCUT2D eigenvalue weighted by Crippen LogP contribution is -2.29. The summed E-state index contributed by atoms with van der Waals surface area (Å²) in [5.41, 5.74) is 1.34. The van der Waals surface area contributed by atoms with Crippen molar-refractivity contribution < 1.29 is 8.78 Å². The molecule has 0 radical (unpaired) electrons. The van der Waals surface area contributed by atoms with E-state index >= 15 is 0 Å². The molecule has 0 amide bonds. The Morgan fingerprint density at radius 1 is 1.10 bits per heavy atom. The van der Waals surface area contributed by atoms with E-state index in [1.807, 2.05) is 12.1 Å². The number of piperidine rings is 1. The van der Waals surface area contributed by atoms with E-state index in [-0.39, 0.29) is 5.69 Å². The molecule has 0 atom stereocenters. The molecule has 1 fully saturated rings. The van der Waals surface area contributed by atoms with Gasteiger partial charge in [-0.05, 0) is 43.5 Å². The molecule has 1 aromatic carbocycles. The predicted molar refractivity (Wildman–Crippen MR) is 77.8 cm³/mol. The Labute approximate surface area is 121 Å². The fraction of sp³-hybridized carbons (Fsp3) is 0.400. The maximum Gasteiger partial charge on any atom is 0.280 e. The normalized spacial score (nSPS) is 16.1. The predicted octanol–water partition coefficient (Wildman–Crippen LogP) is 4.82. The number of halogens is 3. The smallest absolute Gasteiger partial charge is 0.280 e. The van der Waals surface area contributed by atoms with E-state index in [2.05, 4.69) is 9.88 Å². The van der Waals surface area contributed by atoms with Gasteiger partial charge in [0.2, 0.25) is 0 Å². The molecule has 2 nitrogen and oxygen atoms in total. The first-order chi connectivity index (χ1) is 9.65. The van der Waals surface area contributed by atoms with E-state index in [1.54, 1.807) is 6.07 Å². The first-order valence-electron chi connectivity index (χ1n) is 6.78. The standard InChI is InChI=1S/C15H15ClF2N2/c16-12-9-14(15(17)18)19-13-5-4-10(8-11(12)13)20-6-2-1-3-7-20/h4-5,8-9,15H,1-3,6-7H2. The highest BCUT2D eigenvalue weighted by Gasteiger charge is 2.15. The van der Waals surface area contributed by atoms with Crippen molar-refractivity contribution in [2.45, 2.75) is 25.7 Å². The number of aromatic nitrogens is 1. The van der Waals surface area contributed by atoms with Gasteiger partial charge in [0, 0.05) is 24.2 Å². The second kappa shape index (κ2) is 5.52. The molecule has 106 valence electrons. The summed E-state index contributed by atoms with van der Waals surface area (Å²) in [5.74, 6) is 0. The number of benzene rings is 1. The molecule has 3 rings (SSSR count). The highest BCUT2D eigenvalue weighted by Crippen LogP contribution is 2.31.